The zero-order valence-electron chi connectivity index (χ0n) is 16.4. The van der Waals surface area contributed by atoms with E-state index in [0.717, 1.165) is 39.9 Å². The Morgan fingerprint density at radius 3 is 2.70 bits per heavy atom. The molecular formula is C21H23N5O2S2. The number of nitrogens with two attached hydrogens (primary N) is 2. The van der Waals surface area contributed by atoms with Gasteiger partial charge in [-0.3, -0.25) is 4.79 Å². The third-order valence-corrected chi connectivity index (χ3v) is 7.97. The second kappa shape index (κ2) is 7.55. The van der Waals surface area contributed by atoms with Crippen LogP contribution in [-0.4, -0.2) is 27.9 Å². The maximum absolute atomic E-state index is 12.9. The van der Waals surface area contributed by atoms with Gasteiger partial charge in [0.1, 0.15) is 9.71 Å². The van der Waals surface area contributed by atoms with Gasteiger partial charge in [0.25, 0.3) is 5.91 Å². The number of hydrogen-bond acceptors (Lipinski definition) is 6. The van der Waals surface area contributed by atoms with Crippen LogP contribution in [0.3, 0.4) is 0 Å². The van der Waals surface area contributed by atoms with Crippen LogP contribution in [0, 0.1) is 0 Å². The van der Waals surface area contributed by atoms with Gasteiger partial charge in [0.05, 0.1) is 24.5 Å². The van der Waals surface area contributed by atoms with Gasteiger partial charge in [-0.25, -0.2) is 9.78 Å². The molecule has 3 amide bonds. The molecule has 5 rings (SSSR count). The van der Waals surface area contributed by atoms with E-state index in [1.165, 1.54) is 30.6 Å². The minimum Gasteiger partial charge on any atom is -0.397 e. The zero-order chi connectivity index (χ0) is 20.8. The number of fused-ring (bicyclic) bond motifs is 2. The number of carbonyl (C=O) groups is 2. The van der Waals surface area contributed by atoms with E-state index in [2.05, 4.69) is 5.32 Å². The molecule has 0 saturated heterocycles. The Morgan fingerprint density at radius 2 is 2.00 bits per heavy atom. The van der Waals surface area contributed by atoms with Crippen molar-refractivity contribution in [3.05, 3.63) is 33.6 Å². The van der Waals surface area contributed by atoms with E-state index in [1.54, 1.807) is 11.3 Å². The van der Waals surface area contributed by atoms with Gasteiger partial charge in [0, 0.05) is 27.4 Å². The number of thiophene rings is 2. The molecule has 30 heavy (non-hydrogen) atoms. The molecule has 0 spiro atoms. The Bertz CT molecular complexity index is 1130. The number of anilines is 1. The summed E-state index contributed by atoms with van der Waals surface area (Å²) in [4.78, 5) is 33.4. The number of urea groups is 1. The first-order valence-electron chi connectivity index (χ1n) is 10.2. The molecule has 0 bridgehead atoms. The maximum atomic E-state index is 12.9. The van der Waals surface area contributed by atoms with Crippen molar-refractivity contribution in [1.29, 1.82) is 0 Å². The number of nitrogen functional groups attached to an aromatic ring is 1. The number of amides is 3. The van der Waals surface area contributed by atoms with Gasteiger partial charge in [0.15, 0.2) is 0 Å². The molecule has 4 heterocycles. The van der Waals surface area contributed by atoms with E-state index >= 15 is 0 Å². The van der Waals surface area contributed by atoms with Gasteiger partial charge >= 0.3 is 6.03 Å². The predicted octanol–water partition coefficient (Wildman–Crippen LogP) is 4.06. The molecule has 3 aromatic rings. The fourth-order valence-corrected chi connectivity index (χ4v) is 6.28. The van der Waals surface area contributed by atoms with E-state index in [9.17, 15) is 9.59 Å². The van der Waals surface area contributed by atoms with Crippen LogP contribution in [0.25, 0.3) is 20.7 Å². The summed E-state index contributed by atoms with van der Waals surface area (Å²) in [6.07, 6.45) is 5.70. The van der Waals surface area contributed by atoms with Crippen LogP contribution in [-0.2, 0) is 13.1 Å². The Morgan fingerprint density at radius 1 is 1.20 bits per heavy atom. The van der Waals surface area contributed by atoms with Crippen LogP contribution >= 0.6 is 22.7 Å². The van der Waals surface area contributed by atoms with Gasteiger partial charge in [-0.05, 0) is 24.3 Å². The standard InChI is InChI=1S/C21H23N5O2S2/c22-17-16-15(14-7-4-8-29-14)12-9-26(21(28)24-11-5-2-1-3-6-11)10-13(12)25-20(16)30-18(17)19(23)27/h4,7-8,11H,1-3,5-6,9-10,22H2,(H2,23,27)(H,24,28). The number of nitrogens with zero attached hydrogens (tertiary/aromatic N) is 2. The van der Waals surface area contributed by atoms with Crippen molar-refractivity contribution in [3.8, 4) is 10.4 Å². The average Bonchev–Trinajstić information content (AvgIpc) is 3.46. The largest absolute Gasteiger partial charge is 0.397 e. The summed E-state index contributed by atoms with van der Waals surface area (Å²) in [5.74, 6) is -0.540. The maximum Gasteiger partial charge on any atom is 0.318 e. The molecule has 1 aliphatic heterocycles. The highest BCUT2D eigenvalue weighted by molar-refractivity contribution is 7.21. The summed E-state index contributed by atoms with van der Waals surface area (Å²) in [7, 11) is 0. The summed E-state index contributed by atoms with van der Waals surface area (Å²) in [5.41, 5.74) is 15.1. The van der Waals surface area contributed by atoms with E-state index in [4.69, 9.17) is 16.5 Å². The lowest BCUT2D eigenvalue weighted by molar-refractivity contribution is 0.100. The second-order valence-electron chi connectivity index (χ2n) is 7.92. The van der Waals surface area contributed by atoms with Crippen molar-refractivity contribution in [3.63, 3.8) is 0 Å². The molecule has 156 valence electrons. The van der Waals surface area contributed by atoms with Crippen LogP contribution in [0.1, 0.15) is 53.0 Å². The number of primary amides is 1. The van der Waals surface area contributed by atoms with Crippen molar-refractivity contribution in [2.75, 3.05) is 5.73 Å². The summed E-state index contributed by atoms with van der Waals surface area (Å²) in [5, 5.41) is 5.98. The number of aromatic nitrogens is 1. The molecule has 2 aliphatic rings. The molecule has 1 fully saturated rings. The normalized spacial score (nSPS) is 16.7. The van der Waals surface area contributed by atoms with Gasteiger partial charge in [-0.15, -0.1) is 22.7 Å². The Hall–Kier alpha value is -2.65. The van der Waals surface area contributed by atoms with Crippen molar-refractivity contribution in [1.82, 2.24) is 15.2 Å². The summed E-state index contributed by atoms with van der Waals surface area (Å²) < 4.78 is 0. The smallest absolute Gasteiger partial charge is 0.318 e. The van der Waals surface area contributed by atoms with Crippen molar-refractivity contribution >= 4 is 50.5 Å². The number of hydrogen-bond donors (Lipinski definition) is 3. The number of carbonyl (C=O) groups excluding carboxylic acids is 2. The van der Waals surface area contributed by atoms with Crippen LogP contribution in [0.15, 0.2) is 17.5 Å². The lowest BCUT2D eigenvalue weighted by Crippen LogP contribution is -2.43. The molecule has 1 saturated carbocycles. The predicted molar refractivity (Wildman–Crippen MR) is 121 cm³/mol. The highest BCUT2D eigenvalue weighted by Crippen LogP contribution is 2.45. The quantitative estimate of drug-likeness (QED) is 0.568. The fourth-order valence-electron chi connectivity index (χ4n) is 4.50. The first-order chi connectivity index (χ1) is 14.5. The van der Waals surface area contributed by atoms with Gasteiger partial charge in [0.2, 0.25) is 0 Å². The Kier molecular flexibility index (Phi) is 4.86. The monoisotopic (exact) mass is 441 g/mol. The van der Waals surface area contributed by atoms with E-state index in [-0.39, 0.29) is 12.1 Å². The molecule has 5 N–H and O–H groups in total. The molecule has 0 aromatic carbocycles. The number of nitrogens with one attached hydrogen (secondary N) is 1. The summed E-state index contributed by atoms with van der Waals surface area (Å²) >= 11 is 2.83. The van der Waals surface area contributed by atoms with Gasteiger partial charge in [-0.2, -0.15) is 0 Å². The van der Waals surface area contributed by atoms with Crippen LogP contribution < -0.4 is 16.8 Å². The number of rotatable bonds is 3. The lowest BCUT2D eigenvalue weighted by Gasteiger charge is -2.25. The summed E-state index contributed by atoms with van der Waals surface area (Å²) in [6, 6.07) is 4.24. The van der Waals surface area contributed by atoms with Crippen LogP contribution in [0.5, 0.6) is 0 Å². The molecule has 1 aliphatic carbocycles. The van der Waals surface area contributed by atoms with E-state index in [1.807, 2.05) is 22.4 Å². The topological polar surface area (TPSA) is 114 Å². The van der Waals surface area contributed by atoms with Crippen molar-refractivity contribution < 1.29 is 9.59 Å². The molecule has 3 aromatic heterocycles. The first kappa shape index (κ1) is 19.3. The second-order valence-corrected chi connectivity index (χ2v) is 9.87. The lowest BCUT2D eigenvalue weighted by atomic mass is 9.96. The molecule has 0 atom stereocenters. The van der Waals surface area contributed by atoms with Crippen LogP contribution in [0.4, 0.5) is 10.5 Å². The SMILES string of the molecule is NC(=O)c1sc2nc3c(c(-c4cccs4)c2c1N)CN(C(=O)NC1CCCCC1)C3. The van der Waals surface area contributed by atoms with E-state index < -0.39 is 5.91 Å². The number of pyridine rings is 1. The van der Waals surface area contributed by atoms with Crippen molar-refractivity contribution in [2.24, 2.45) is 5.73 Å². The molecule has 0 radical (unpaired) electrons. The first-order valence-corrected chi connectivity index (χ1v) is 11.9. The zero-order valence-corrected chi connectivity index (χ0v) is 18.1. The van der Waals surface area contributed by atoms with Crippen molar-refractivity contribution in [2.45, 2.75) is 51.2 Å². The summed E-state index contributed by atoms with van der Waals surface area (Å²) in [6.45, 7) is 0.928. The Balaban J connectivity index is 1.54. The van der Waals surface area contributed by atoms with E-state index in [0.29, 0.717) is 28.5 Å². The highest BCUT2D eigenvalue weighted by atomic mass is 32.1. The molecule has 9 heteroatoms. The minimum absolute atomic E-state index is 0.0359. The van der Waals surface area contributed by atoms with Crippen LogP contribution in [0.2, 0.25) is 0 Å². The molecule has 7 nitrogen and oxygen atoms in total. The third kappa shape index (κ3) is 3.22. The van der Waals surface area contributed by atoms with Gasteiger partial charge < -0.3 is 21.7 Å². The van der Waals surface area contributed by atoms with Gasteiger partial charge in [-0.1, -0.05) is 25.3 Å². The third-order valence-electron chi connectivity index (χ3n) is 5.96. The Labute approximate surface area is 182 Å². The minimum atomic E-state index is -0.540. The highest BCUT2D eigenvalue weighted by Gasteiger charge is 2.32. The molecule has 0 unspecified atom stereocenters. The molecular weight excluding hydrogens is 418 g/mol. The fraction of sp³-hybridized carbons (Fsp3) is 0.381. The average molecular weight is 442 g/mol.